The molecule has 18 heavy (non-hydrogen) atoms. The van der Waals surface area contributed by atoms with Crippen molar-refractivity contribution in [3.63, 3.8) is 0 Å². The second-order valence-corrected chi connectivity index (χ2v) is 4.65. The van der Waals surface area contributed by atoms with Crippen molar-refractivity contribution in [1.82, 2.24) is 5.32 Å². The molecule has 0 spiro atoms. The average Bonchev–Trinajstić information content (AvgIpc) is 2.33. The summed E-state index contributed by atoms with van der Waals surface area (Å²) in [6.45, 7) is 3.90. The molecule has 0 saturated heterocycles. The highest BCUT2D eigenvalue weighted by Gasteiger charge is 2.11. The summed E-state index contributed by atoms with van der Waals surface area (Å²) < 4.78 is 12.1. The van der Waals surface area contributed by atoms with Crippen molar-refractivity contribution in [3.8, 4) is 11.5 Å². The van der Waals surface area contributed by atoms with E-state index in [4.69, 9.17) is 14.6 Å². The minimum Gasteiger partial charge on any atom is -0.490 e. The number of hydrogen-bond acceptors (Lipinski definition) is 4. The van der Waals surface area contributed by atoms with Gasteiger partial charge in [-0.3, -0.25) is 0 Å². The van der Waals surface area contributed by atoms with E-state index in [-0.39, 0.29) is 6.61 Å². The normalized spacial score (nSPS) is 10.4. The van der Waals surface area contributed by atoms with Crippen molar-refractivity contribution in [3.05, 3.63) is 22.2 Å². The van der Waals surface area contributed by atoms with Gasteiger partial charge in [0.1, 0.15) is 0 Å². The van der Waals surface area contributed by atoms with Gasteiger partial charge in [0.2, 0.25) is 0 Å². The predicted octanol–water partition coefficient (Wildman–Crippen LogP) is 2.33. The third-order valence-corrected chi connectivity index (χ3v) is 2.89. The van der Waals surface area contributed by atoms with E-state index >= 15 is 0 Å². The number of halogens is 1. The maximum absolute atomic E-state index is 8.77. The molecule has 1 aromatic rings. The van der Waals surface area contributed by atoms with Crippen LogP contribution in [0, 0.1) is 0 Å². The maximum Gasteiger partial charge on any atom is 0.175 e. The Hall–Kier alpha value is -0.780. The fraction of sp³-hybridized carbons (Fsp3) is 0.538. The summed E-state index contributed by atoms with van der Waals surface area (Å²) in [7, 11) is 1.90. The first kappa shape index (κ1) is 15.3. The summed E-state index contributed by atoms with van der Waals surface area (Å²) in [5, 5.41) is 11.9. The molecule has 0 amide bonds. The molecule has 0 fully saturated rings. The molecule has 2 N–H and O–H groups in total. The highest BCUT2D eigenvalue weighted by atomic mass is 79.9. The van der Waals surface area contributed by atoms with Gasteiger partial charge in [0.25, 0.3) is 0 Å². The zero-order chi connectivity index (χ0) is 13.4. The molecule has 0 bridgehead atoms. The van der Waals surface area contributed by atoms with Crippen LogP contribution in [-0.4, -0.2) is 32.0 Å². The molecule has 1 rings (SSSR count). The summed E-state index contributed by atoms with van der Waals surface area (Å²) >= 11 is 3.49. The van der Waals surface area contributed by atoms with Crippen LogP contribution in [0.3, 0.4) is 0 Å². The van der Waals surface area contributed by atoms with E-state index < -0.39 is 0 Å². The SMILES string of the molecule is CCOc1cc(CNC)cc(Br)c1OCCCO. The zero-order valence-electron chi connectivity index (χ0n) is 10.8. The van der Waals surface area contributed by atoms with E-state index in [2.05, 4.69) is 21.2 Å². The Labute approximate surface area is 116 Å². The quantitative estimate of drug-likeness (QED) is 0.723. The van der Waals surface area contributed by atoms with Gasteiger partial charge in [-0.15, -0.1) is 0 Å². The molecule has 0 aromatic heterocycles. The Morgan fingerprint density at radius 2 is 2.11 bits per heavy atom. The van der Waals surface area contributed by atoms with Gasteiger partial charge >= 0.3 is 0 Å². The fourth-order valence-corrected chi connectivity index (χ4v) is 2.17. The number of hydrogen-bond donors (Lipinski definition) is 2. The van der Waals surface area contributed by atoms with Crippen LogP contribution in [0.15, 0.2) is 16.6 Å². The predicted molar refractivity (Wildman–Crippen MR) is 75.3 cm³/mol. The van der Waals surface area contributed by atoms with E-state index in [1.165, 1.54) is 0 Å². The Balaban J connectivity index is 2.90. The molecule has 5 heteroatoms. The van der Waals surface area contributed by atoms with Gasteiger partial charge in [-0.1, -0.05) is 0 Å². The first-order chi connectivity index (χ1) is 8.72. The molecule has 0 unspecified atom stereocenters. The molecular weight excluding hydrogens is 298 g/mol. The van der Waals surface area contributed by atoms with E-state index in [9.17, 15) is 0 Å². The van der Waals surface area contributed by atoms with Crippen LogP contribution < -0.4 is 14.8 Å². The number of ether oxygens (including phenoxy) is 2. The van der Waals surface area contributed by atoms with Crippen LogP contribution >= 0.6 is 15.9 Å². The average molecular weight is 318 g/mol. The molecule has 0 heterocycles. The molecule has 0 atom stereocenters. The third-order valence-electron chi connectivity index (χ3n) is 2.30. The standard InChI is InChI=1S/C13H20BrNO3/c1-3-17-12-8-10(9-15-2)7-11(14)13(12)18-6-4-5-16/h7-8,15-16H,3-6,9H2,1-2H3. The van der Waals surface area contributed by atoms with E-state index in [1.807, 2.05) is 26.1 Å². The summed E-state index contributed by atoms with van der Waals surface area (Å²) in [5.74, 6) is 1.43. The molecule has 0 aliphatic heterocycles. The third kappa shape index (κ3) is 4.48. The largest absolute Gasteiger partial charge is 0.490 e. The fourth-order valence-electron chi connectivity index (χ4n) is 1.57. The van der Waals surface area contributed by atoms with Gasteiger partial charge in [0, 0.05) is 19.6 Å². The van der Waals surface area contributed by atoms with Gasteiger partial charge in [0.05, 0.1) is 17.7 Å². The van der Waals surface area contributed by atoms with Crippen LogP contribution in [0.1, 0.15) is 18.9 Å². The first-order valence-corrected chi connectivity index (χ1v) is 6.85. The maximum atomic E-state index is 8.77. The molecule has 1 aromatic carbocycles. The highest BCUT2D eigenvalue weighted by molar-refractivity contribution is 9.10. The molecule has 0 aliphatic carbocycles. The number of rotatable bonds is 8. The van der Waals surface area contributed by atoms with Gasteiger partial charge in [-0.05, 0) is 47.6 Å². The van der Waals surface area contributed by atoms with E-state index in [0.29, 0.717) is 25.4 Å². The highest BCUT2D eigenvalue weighted by Crippen LogP contribution is 2.37. The van der Waals surface area contributed by atoms with Crippen molar-refractivity contribution in [2.45, 2.75) is 19.9 Å². The van der Waals surface area contributed by atoms with Gasteiger partial charge in [0.15, 0.2) is 11.5 Å². The Morgan fingerprint density at radius 1 is 1.33 bits per heavy atom. The number of aliphatic hydroxyl groups excluding tert-OH is 1. The minimum absolute atomic E-state index is 0.124. The lowest BCUT2D eigenvalue weighted by atomic mass is 10.2. The van der Waals surface area contributed by atoms with Crippen molar-refractivity contribution < 1.29 is 14.6 Å². The Morgan fingerprint density at radius 3 is 2.72 bits per heavy atom. The lowest BCUT2D eigenvalue weighted by molar-refractivity contribution is 0.224. The molecule has 0 saturated carbocycles. The Kier molecular flexibility index (Phi) is 7.08. The molecule has 4 nitrogen and oxygen atoms in total. The van der Waals surface area contributed by atoms with Crippen LogP contribution in [0.25, 0.3) is 0 Å². The van der Waals surface area contributed by atoms with Crippen molar-refractivity contribution in [2.24, 2.45) is 0 Å². The lowest BCUT2D eigenvalue weighted by Gasteiger charge is -2.15. The summed E-state index contributed by atoms with van der Waals surface area (Å²) in [6.07, 6.45) is 0.607. The summed E-state index contributed by atoms with van der Waals surface area (Å²) in [6, 6.07) is 3.98. The number of benzene rings is 1. The van der Waals surface area contributed by atoms with E-state index in [1.54, 1.807) is 0 Å². The number of aliphatic hydroxyl groups is 1. The van der Waals surface area contributed by atoms with Crippen molar-refractivity contribution in [1.29, 1.82) is 0 Å². The van der Waals surface area contributed by atoms with Crippen LogP contribution in [-0.2, 0) is 6.54 Å². The monoisotopic (exact) mass is 317 g/mol. The smallest absolute Gasteiger partial charge is 0.175 e. The number of nitrogens with one attached hydrogen (secondary N) is 1. The first-order valence-electron chi connectivity index (χ1n) is 6.06. The zero-order valence-corrected chi connectivity index (χ0v) is 12.4. The van der Waals surface area contributed by atoms with Gasteiger partial charge in [-0.25, -0.2) is 0 Å². The van der Waals surface area contributed by atoms with E-state index in [0.717, 1.165) is 22.3 Å². The van der Waals surface area contributed by atoms with Crippen molar-refractivity contribution >= 4 is 15.9 Å². The van der Waals surface area contributed by atoms with Gasteiger partial charge in [-0.2, -0.15) is 0 Å². The van der Waals surface area contributed by atoms with Crippen LogP contribution in [0.2, 0.25) is 0 Å². The Bertz CT molecular complexity index is 371. The van der Waals surface area contributed by atoms with Crippen LogP contribution in [0.5, 0.6) is 11.5 Å². The molecule has 0 radical (unpaired) electrons. The topological polar surface area (TPSA) is 50.7 Å². The minimum atomic E-state index is 0.124. The lowest BCUT2D eigenvalue weighted by Crippen LogP contribution is -2.07. The molecule has 102 valence electrons. The summed E-state index contributed by atoms with van der Waals surface area (Å²) in [4.78, 5) is 0. The van der Waals surface area contributed by atoms with Gasteiger partial charge < -0.3 is 19.9 Å². The second-order valence-electron chi connectivity index (χ2n) is 3.79. The summed E-state index contributed by atoms with van der Waals surface area (Å²) in [5.41, 5.74) is 1.13. The van der Waals surface area contributed by atoms with Crippen molar-refractivity contribution in [2.75, 3.05) is 26.9 Å². The second kappa shape index (κ2) is 8.34. The van der Waals surface area contributed by atoms with Crippen LogP contribution in [0.4, 0.5) is 0 Å². The molecular formula is C13H20BrNO3. The molecule has 0 aliphatic rings.